The summed E-state index contributed by atoms with van der Waals surface area (Å²) in [5, 5.41) is 7.18. The molecule has 0 amide bonds. The second kappa shape index (κ2) is 11.4. The molecule has 2 aliphatic heterocycles. The smallest absolute Gasteiger partial charge is 0.161 e. The first-order valence-electron chi connectivity index (χ1n) is 11.9. The molecule has 2 aromatic rings. The van der Waals surface area contributed by atoms with Crippen LogP contribution in [0.4, 0.5) is 0 Å². The summed E-state index contributed by atoms with van der Waals surface area (Å²) in [5.74, 6) is 3.36. The van der Waals surface area contributed by atoms with Crippen LogP contribution < -0.4 is 29.6 Å². The van der Waals surface area contributed by atoms with E-state index >= 15 is 0 Å². The number of para-hydroxylation sites is 4. The van der Waals surface area contributed by atoms with Gasteiger partial charge in [-0.3, -0.25) is 0 Å². The summed E-state index contributed by atoms with van der Waals surface area (Å²) >= 11 is 0. The Morgan fingerprint density at radius 2 is 1.06 bits per heavy atom. The number of hydrogen-bond acceptors (Lipinski definition) is 6. The largest absolute Gasteiger partial charge is 0.486 e. The predicted molar refractivity (Wildman–Crippen MR) is 126 cm³/mol. The van der Waals surface area contributed by atoms with Gasteiger partial charge in [0, 0.05) is 12.1 Å². The highest BCUT2D eigenvalue weighted by molar-refractivity contribution is 5.41. The Morgan fingerprint density at radius 1 is 0.656 bits per heavy atom. The Hall–Kier alpha value is -2.44. The molecule has 0 spiro atoms. The van der Waals surface area contributed by atoms with Crippen LogP contribution in [0.5, 0.6) is 23.0 Å². The highest BCUT2D eigenvalue weighted by atomic mass is 16.6. The third kappa shape index (κ3) is 6.08. The highest BCUT2D eigenvalue weighted by Crippen LogP contribution is 2.32. The van der Waals surface area contributed by atoms with E-state index < -0.39 is 0 Å². The summed E-state index contributed by atoms with van der Waals surface area (Å²) in [4.78, 5) is 0. The van der Waals surface area contributed by atoms with Crippen molar-refractivity contribution in [2.75, 3.05) is 26.3 Å². The Morgan fingerprint density at radius 3 is 1.50 bits per heavy atom. The van der Waals surface area contributed by atoms with Gasteiger partial charge in [0.25, 0.3) is 0 Å². The average Bonchev–Trinajstić information content (AvgIpc) is 2.84. The fraction of sp³-hybridized carbons (Fsp3) is 0.538. The van der Waals surface area contributed by atoms with E-state index in [9.17, 15) is 0 Å². The third-order valence-corrected chi connectivity index (χ3v) is 6.21. The van der Waals surface area contributed by atoms with Gasteiger partial charge < -0.3 is 29.6 Å². The van der Waals surface area contributed by atoms with E-state index in [1.807, 2.05) is 48.5 Å². The first-order chi connectivity index (χ1) is 15.7. The molecule has 2 heterocycles. The van der Waals surface area contributed by atoms with Gasteiger partial charge in [0.05, 0.1) is 0 Å². The Balaban J connectivity index is 1.03. The molecule has 0 saturated heterocycles. The quantitative estimate of drug-likeness (QED) is 0.511. The Kier molecular flexibility index (Phi) is 8.13. The molecule has 0 bridgehead atoms. The zero-order valence-electron chi connectivity index (χ0n) is 19.2. The van der Waals surface area contributed by atoms with Crippen LogP contribution in [0.15, 0.2) is 48.5 Å². The molecule has 4 atom stereocenters. The van der Waals surface area contributed by atoms with E-state index in [-0.39, 0.29) is 24.3 Å². The monoisotopic (exact) mass is 440 g/mol. The number of hydrogen-bond donors (Lipinski definition) is 2. The van der Waals surface area contributed by atoms with Crippen LogP contribution in [-0.4, -0.2) is 50.6 Å². The van der Waals surface area contributed by atoms with Crippen molar-refractivity contribution >= 4 is 0 Å². The molecule has 0 fully saturated rings. The van der Waals surface area contributed by atoms with Crippen LogP contribution in [0.3, 0.4) is 0 Å². The predicted octanol–water partition coefficient (Wildman–Crippen LogP) is 4.18. The van der Waals surface area contributed by atoms with Gasteiger partial charge in [-0.15, -0.1) is 0 Å². The standard InChI is InChI=1S/C26H36N2O4/c1-19(25-17-29-21-11-5-7-13-23(21)31-25)27-15-9-3-4-10-16-28-20(2)26-18-30-22-12-6-8-14-24(22)32-26/h5-8,11-14,19-20,25-28H,3-4,9-10,15-18H2,1-2H3/t19-,20-,25-,26+/m0/s1. The summed E-state index contributed by atoms with van der Waals surface area (Å²) < 4.78 is 23.8. The number of fused-ring (bicyclic) bond motifs is 2. The minimum absolute atomic E-state index is 0.0496. The lowest BCUT2D eigenvalue weighted by Gasteiger charge is -2.31. The normalized spacial score (nSPS) is 21.1. The molecule has 32 heavy (non-hydrogen) atoms. The number of benzene rings is 2. The number of nitrogens with one attached hydrogen (secondary N) is 2. The van der Waals surface area contributed by atoms with Crippen molar-refractivity contribution < 1.29 is 18.9 Å². The minimum atomic E-state index is 0.0496. The van der Waals surface area contributed by atoms with Gasteiger partial charge in [0.2, 0.25) is 0 Å². The molecule has 6 heteroatoms. The maximum Gasteiger partial charge on any atom is 0.161 e. The number of unbranched alkanes of at least 4 members (excludes halogenated alkanes) is 3. The topological polar surface area (TPSA) is 61.0 Å². The summed E-state index contributed by atoms with van der Waals surface area (Å²) in [6.45, 7) is 7.52. The molecule has 2 N–H and O–H groups in total. The fourth-order valence-electron chi connectivity index (χ4n) is 4.09. The summed E-state index contributed by atoms with van der Waals surface area (Å²) in [5.41, 5.74) is 0. The van der Waals surface area contributed by atoms with Crippen LogP contribution in [0.2, 0.25) is 0 Å². The van der Waals surface area contributed by atoms with E-state index in [4.69, 9.17) is 18.9 Å². The van der Waals surface area contributed by atoms with Crippen molar-refractivity contribution in [2.45, 2.75) is 63.8 Å². The summed E-state index contributed by atoms with van der Waals surface area (Å²) in [6, 6.07) is 16.3. The lowest BCUT2D eigenvalue weighted by Crippen LogP contribution is -2.46. The van der Waals surface area contributed by atoms with Gasteiger partial charge in [0.15, 0.2) is 23.0 Å². The van der Waals surface area contributed by atoms with Crippen LogP contribution >= 0.6 is 0 Å². The molecule has 0 aromatic heterocycles. The van der Waals surface area contributed by atoms with Crippen molar-refractivity contribution in [3.63, 3.8) is 0 Å². The lowest BCUT2D eigenvalue weighted by atomic mass is 10.1. The zero-order chi connectivity index (χ0) is 22.2. The maximum absolute atomic E-state index is 6.08. The van der Waals surface area contributed by atoms with Gasteiger partial charge >= 0.3 is 0 Å². The number of rotatable bonds is 11. The SMILES string of the molecule is C[C@H](NCCCCCCN[C@@H](C)[C@H]1COc2ccccc2O1)[C@@H]1COc2ccccc2O1. The molecule has 0 saturated carbocycles. The number of ether oxygens (including phenoxy) is 4. The molecule has 0 radical (unpaired) electrons. The van der Waals surface area contributed by atoms with Crippen LogP contribution in [0.1, 0.15) is 39.5 Å². The Labute approximate surface area is 191 Å². The fourth-order valence-corrected chi connectivity index (χ4v) is 4.09. The molecule has 174 valence electrons. The molecule has 0 aliphatic carbocycles. The first-order valence-corrected chi connectivity index (χ1v) is 11.9. The summed E-state index contributed by atoms with van der Waals surface area (Å²) in [6.07, 6.45) is 4.87. The molecular weight excluding hydrogens is 404 g/mol. The van der Waals surface area contributed by atoms with Crippen molar-refractivity contribution in [3.05, 3.63) is 48.5 Å². The van der Waals surface area contributed by atoms with Crippen molar-refractivity contribution in [2.24, 2.45) is 0 Å². The lowest BCUT2D eigenvalue weighted by molar-refractivity contribution is 0.0664. The van der Waals surface area contributed by atoms with Gasteiger partial charge in [-0.2, -0.15) is 0 Å². The molecule has 2 aromatic carbocycles. The highest BCUT2D eigenvalue weighted by Gasteiger charge is 2.26. The van der Waals surface area contributed by atoms with Crippen molar-refractivity contribution in [1.82, 2.24) is 10.6 Å². The average molecular weight is 441 g/mol. The van der Waals surface area contributed by atoms with E-state index in [0.29, 0.717) is 13.2 Å². The molecule has 4 rings (SSSR count). The van der Waals surface area contributed by atoms with Crippen LogP contribution in [-0.2, 0) is 0 Å². The van der Waals surface area contributed by atoms with E-state index in [0.717, 1.165) is 36.1 Å². The van der Waals surface area contributed by atoms with Gasteiger partial charge in [-0.05, 0) is 64.0 Å². The third-order valence-electron chi connectivity index (χ3n) is 6.21. The van der Waals surface area contributed by atoms with E-state index in [1.54, 1.807) is 0 Å². The van der Waals surface area contributed by atoms with Crippen molar-refractivity contribution in [1.29, 1.82) is 0 Å². The molecular formula is C26H36N2O4. The van der Waals surface area contributed by atoms with E-state index in [2.05, 4.69) is 24.5 Å². The minimum Gasteiger partial charge on any atom is -0.486 e. The van der Waals surface area contributed by atoms with Crippen LogP contribution in [0, 0.1) is 0 Å². The van der Waals surface area contributed by atoms with E-state index in [1.165, 1.54) is 25.7 Å². The molecule has 2 aliphatic rings. The first kappa shape index (κ1) is 22.7. The van der Waals surface area contributed by atoms with Crippen LogP contribution in [0.25, 0.3) is 0 Å². The van der Waals surface area contributed by atoms with Gasteiger partial charge in [0.1, 0.15) is 25.4 Å². The Bertz CT molecular complexity index is 777. The van der Waals surface area contributed by atoms with Gasteiger partial charge in [-0.25, -0.2) is 0 Å². The second-order valence-corrected chi connectivity index (χ2v) is 8.73. The molecule has 0 unspecified atom stereocenters. The second-order valence-electron chi connectivity index (χ2n) is 8.73. The van der Waals surface area contributed by atoms with Crippen molar-refractivity contribution in [3.8, 4) is 23.0 Å². The maximum atomic E-state index is 6.08. The zero-order valence-corrected chi connectivity index (χ0v) is 19.2. The summed E-state index contributed by atoms with van der Waals surface area (Å²) in [7, 11) is 0. The molecule has 6 nitrogen and oxygen atoms in total. The van der Waals surface area contributed by atoms with Gasteiger partial charge in [-0.1, -0.05) is 37.1 Å².